The van der Waals surface area contributed by atoms with Crippen LogP contribution in [0.2, 0.25) is 0 Å². The summed E-state index contributed by atoms with van der Waals surface area (Å²) in [6.07, 6.45) is 2.57. The smallest absolute Gasteiger partial charge is 0.124 e. The van der Waals surface area contributed by atoms with Crippen molar-refractivity contribution in [1.29, 1.82) is 0 Å². The van der Waals surface area contributed by atoms with Gasteiger partial charge in [-0.15, -0.1) is 0 Å². The van der Waals surface area contributed by atoms with Gasteiger partial charge in [0.15, 0.2) is 0 Å². The minimum absolute atomic E-state index is 0.226. The molecule has 0 amide bonds. The first kappa shape index (κ1) is 15.3. The predicted molar refractivity (Wildman–Crippen MR) is 92.3 cm³/mol. The number of ether oxygens (including phenoxy) is 1. The van der Waals surface area contributed by atoms with E-state index in [1.165, 1.54) is 29.2 Å². The summed E-state index contributed by atoms with van der Waals surface area (Å²) in [5, 5.41) is 2.51. The van der Waals surface area contributed by atoms with Gasteiger partial charge in [-0.1, -0.05) is 37.3 Å². The fraction of sp³-hybridized carbons (Fsp3) is 0.474. The van der Waals surface area contributed by atoms with Gasteiger partial charge in [-0.3, -0.25) is 4.90 Å². The Morgan fingerprint density at radius 2 is 2.09 bits per heavy atom. The zero-order chi connectivity index (χ0) is 15.5. The molecule has 0 bridgehead atoms. The second-order valence-electron chi connectivity index (χ2n) is 6.40. The van der Waals surface area contributed by atoms with Crippen LogP contribution in [0.5, 0.6) is 5.75 Å². The highest BCUT2D eigenvalue weighted by Gasteiger charge is 2.27. The molecule has 1 aliphatic heterocycles. The molecule has 0 aromatic heterocycles. The molecule has 0 unspecified atom stereocenters. The van der Waals surface area contributed by atoms with Crippen LogP contribution in [-0.4, -0.2) is 31.6 Å². The number of piperidine rings is 1. The molecule has 2 N–H and O–H groups in total. The lowest BCUT2D eigenvalue weighted by molar-refractivity contribution is 0.132. The molecule has 1 saturated heterocycles. The monoisotopic (exact) mass is 298 g/mol. The van der Waals surface area contributed by atoms with E-state index in [0.29, 0.717) is 6.54 Å². The molecular formula is C19H26N2O. The highest BCUT2D eigenvalue weighted by atomic mass is 16.5. The normalized spacial score (nSPS) is 21.0. The number of benzene rings is 2. The molecule has 2 atom stereocenters. The Morgan fingerprint density at radius 1 is 1.27 bits per heavy atom. The number of hydrogen-bond acceptors (Lipinski definition) is 3. The Balaban J connectivity index is 2.08. The quantitative estimate of drug-likeness (QED) is 0.937. The molecule has 0 aliphatic carbocycles. The van der Waals surface area contributed by atoms with Crippen molar-refractivity contribution in [3.05, 3.63) is 42.0 Å². The second kappa shape index (κ2) is 6.67. The first-order chi connectivity index (χ1) is 10.7. The van der Waals surface area contributed by atoms with E-state index in [1.807, 2.05) is 0 Å². The minimum atomic E-state index is 0.226. The topological polar surface area (TPSA) is 38.5 Å². The standard InChI is InChI=1S/C19H26N2O/c1-14-6-5-11-21(13-14)17(12-20)19-16-8-4-3-7-15(16)9-10-18(19)22-2/h3-4,7-10,14,17H,5-6,11-13,20H2,1-2H3/t14-,17+/m1/s1. The molecule has 1 aliphatic rings. The first-order valence-corrected chi connectivity index (χ1v) is 8.24. The van der Waals surface area contributed by atoms with Crippen molar-refractivity contribution in [3.8, 4) is 5.75 Å². The highest BCUT2D eigenvalue weighted by molar-refractivity contribution is 5.88. The summed E-state index contributed by atoms with van der Waals surface area (Å²) in [6, 6.07) is 13.0. The van der Waals surface area contributed by atoms with Crippen molar-refractivity contribution in [2.24, 2.45) is 11.7 Å². The highest BCUT2D eigenvalue weighted by Crippen LogP contribution is 2.37. The van der Waals surface area contributed by atoms with Crippen LogP contribution in [0, 0.1) is 5.92 Å². The molecule has 0 radical (unpaired) electrons. The lowest BCUT2D eigenvalue weighted by Gasteiger charge is -2.38. The lowest BCUT2D eigenvalue weighted by atomic mass is 9.92. The molecule has 22 heavy (non-hydrogen) atoms. The lowest BCUT2D eigenvalue weighted by Crippen LogP contribution is -2.40. The van der Waals surface area contributed by atoms with Crippen LogP contribution in [0.15, 0.2) is 36.4 Å². The molecule has 3 rings (SSSR count). The van der Waals surface area contributed by atoms with E-state index in [9.17, 15) is 0 Å². The van der Waals surface area contributed by atoms with Gasteiger partial charge in [0.2, 0.25) is 0 Å². The molecule has 0 spiro atoms. The predicted octanol–water partition coefficient (Wildman–Crippen LogP) is 3.58. The molecular weight excluding hydrogens is 272 g/mol. The van der Waals surface area contributed by atoms with Gasteiger partial charge in [0, 0.05) is 18.7 Å². The largest absolute Gasteiger partial charge is 0.496 e. The average Bonchev–Trinajstić information content (AvgIpc) is 2.56. The maximum Gasteiger partial charge on any atom is 0.124 e. The van der Waals surface area contributed by atoms with Gasteiger partial charge in [-0.05, 0) is 42.1 Å². The second-order valence-corrected chi connectivity index (χ2v) is 6.40. The van der Waals surface area contributed by atoms with E-state index in [1.54, 1.807) is 7.11 Å². The summed E-state index contributed by atoms with van der Waals surface area (Å²) in [5.41, 5.74) is 7.45. The third-order valence-corrected chi connectivity index (χ3v) is 4.84. The van der Waals surface area contributed by atoms with E-state index < -0.39 is 0 Å². The van der Waals surface area contributed by atoms with Crippen LogP contribution >= 0.6 is 0 Å². The molecule has 2 aromatic carbocycles. The van der Waals surface area contributed by atoms with E-state index in [0.717, 1.165) is 24.8 Å². The van der Waals surface area contributed by atoms with E-state index in [-0.39, 0.29) is 6.04 Å². The molecule has 1 heterocycles. The van der Waals surface area contributed by atoms with Crippen LogP contribution in [-0.2, 0) is 0 Å². The van der Waals surface area contributed by atoms with E-state index in [4.69, 9.17) is 10.5 Å². The SMILES string of the molecule is COc1ccc2ccccc2c1[C@H](CN)N1CCC[C@@H](C)C1. The van der Waals surface area contributed by atoms with Crippen molar-refractivity contribution in [3.63, 3.8) is 0 Å². The maximum absolute atomic E-state index is 6.20. The molecule has 2 aromatic rings. The van der Waals surface area contributed by atoms with Gasteiger partial charge in [0.25, 0.3) is 0 Å². The van der Waals surface area contributed by atoms with Crippen LogP contribution in [0.25, 0.3) is 10.8 Å². The number of nitrogens with zero attached hydrogens (tertiary/aromatic N) is 1. The van der Waals surface area contributed by atoms with Crippen molar-refractivity contribution < 1.29 is 4.74 Å². The Hall–Kier alpha value is -1.58. The number of methoxy groups -OCH3 is 1. The molecule has 3 nitrogen and oxygen atoms in total. The van der Waals surface area contributed by atoms with Crippen molar-refractivity contribution in [2.45, 2.75) is 25.8 Å². The summed E-state index contributed by atoms with van der Waals surface area (Å²) in [7, 11) is 1.75. The summed E-state index contributed by atoms with van der Waals surface area (Å²) in [4.78, 5) is 2.54. The first-order valence-electron chi connectivity index (χ1n) is 8.24. The van der Waals surface area contributed by atoms with E-state index in [2.05, 4.69) is 48.2 Å². The Bertz CT molecular complexity index is 640. The number of nitrogens with two attached hydrogens (primary N) is 1. The fourth-order valence-electron chi connectivity index (χ4n) is 3.76. The molecule has 0 saturated carbocycles. The minimum Gasteiger partial charge on any atom is -0.496 e. The van der Waals surface area contributed by atoms with Gasteiger partial charge in [0.1, 0.15) is 5.75 Å². The number of rotatable bonds is 4. The van der Waals surface area contributed by atoms with Crippen LogP contribution in [0.4, 0.5) is 0 Å². The number of likely N-dealkylation sites (tertiary alicyclic amines) is 1. The summed E-state index contributed by atoms with van der Waals surface area (Å²) in [5.74, 6) is 1.69. The Labute approximate surface area is 133 Å². The van der Waals surface area contributed by atoms with Crippen molar-refractivity contribution in [2.75, 3.05) is 26.7 Å². The van der Waals surface area contributed by atoms with Gasteiger partial charge in [0.05, 0.1) is 13.2 Å². The van der Waals surface area contributed by atoms with Gasteiger partial charge in [-0.25, -0.2) is 0 Å². The number of fused-ring (bicyclic) bond motifs is 1. The summed E-state index contributed by atoms with van der Waals surface area (Å²) in [6.45, 7) is 5.20. The van der Waals surface area contributed by atoms with Crippen LogP contribution < -0.4 is 10.5 Å². The maximum atomic E-state index is 6.20. The van der Waals surface area contributed by atoms with Gasteiger partial charge in [-0.2, -0.15) is 0 Å². The number of hydrogen-bond donors (Lipinski definition) is 1. The third-order valence-electron chi connectivity index (χ3n) is 4.84. The third kappa shape index (κ3) is 2.83. The molecule has 118 valence electrons. The van der Waals surface area contributed by atoms with Gasteiger partial charge < -0.3 is 10.5 Å². The van der Waals surface area contributed by atoms with Crippen LogP contribution in [0.1, 0.15) is 31.4 Å². The van der Waals surface area contributed by atoms with E-state index >= 15 is 0 Å². The zero-order valence-electron chi connectivity index (χ0n) is 13.6. The molecule has 3 heteroatoms. The Kier molecular flexibility index (Phi) is 4.65. The Morgan fingerprint density at radius 3 is 2.82 bits per heavy atom. The average molecular weight is 298 g/mol. The van der Waals surface area contributed by atoms with Crippen LogP contribution in [0.3, 0.4) is 0 Å². The summed E-state index contributed by atoms with van der Waals surface area (Å²) >= 11 is 0. The van der Waals surface area contributed by atoms with Gasteiger partial charge >= 0.3 is 0 Å². The molecule has 1 fully saturated rings. The summed E-state index contributed by atoms with van der Waals surface area (Å²) < 4.78 is 5.67. The van der Waals surface area contributed by atoms with Crippen molar-refractivity contribution in [1.82, 2.24) is 4.90 Å². The zero-order valence-corrected chi connectivity index (χ0v) is 13.6. The fourth-order valence-corrected chi connectivity index (χ4v) is 3.76. The van der Waals surface area contributed by atoms with Crippen molar-refractivity contribution >= 4 is 10.8 Å².